The number of nitrogens with zero attached hydrogens (tertiary/aromatic N) is 4. The minimum absolute atomic E-state index is 0.0176. The highest BCUT2D eigenvalue weighted by atomic mass is 32.2. The van der Waals surface area contributed by atoms with E-state index >= 15 is 0 Å². The summed E-state index contributed by atoms with van der Waals surface area (Å²) < 4.78 is 27.5. The molecule has 9 heteroatoms. The molecule has 0 saturated carbocycles. The van der Waals surface area contributed by atoms with Gasteiger partial charge in [0.25, 0.3) is 16.0 Å². The second-order valence-corrected chi connectivity index (χ2v) is 8.72. The molecular weight excluding hydrogens is 368 g/mol. The lowest BCUT2D eigenvalue weighted by molar-refractivity contribution is 0.0510. The van der Waals surface area contributed by atoms with Crippen molar-refractivity contribution in [2.75, 3.05) is 19.4 Å². The predicted octanol–water partition coefficient (Wildman–Crippen LogP) is 1.79. The Labute approximate surface area is 159 Å². The molecule has 0 spiro atoms. The van der Waals surface area contributed by atoms with Crippen molar-refractivity contribution in [1.82, 2.24) is 19.9 Å². The molecule has 0 unspecified atom stereocenters. The van der Waals surface area contributed by atoms with Crippen LogP contribution < -0.4 is 0 Å². The highest BCUT2D eigenvalue weighted by Crippen LogP contribution is 2.26. The summed E-state index contributed by atoms with van der Waals surface area (Å²) in [7, 11) is -3.49. The van der Waals surface area contributed by atoms with Crippen molar-refractivity contribution in [3.05, 3.63) is 41.7 Å². The van der Waals surface area contributed by atoms with Crippen LogP contribution in [0.5, 0.6) is 0 Å². The van der Waals surface area contributed by atoms with Crippen LogP contribution in [-0.2, 0) is 14.3 Å². The third-order valence-electron chi connectivity index (χ3n) is 4.78. The van der Waals surface area contributed by atoms with Gasteiger partial charge in [0, 0.05) is 18.5 Å². The number of rotatable bonds is 5. The summed E-state index contributed by atoms with van der Waals surface area (Å²) in [5, 5.41) is 8.29. The Hall–Kier alpha value is -2.26. The largest absolute Gasteiger partial charge is 0.336 e. The number of likely N-dealkylation sites (tertiary alicyclic amines) is 1. The Morgan fingerprint density at radius 3 is 2.63 bits per heavy atom. The maximum absolute atomic E-state index is 13.3. The molecule has 8 nitrogen and oxygen atoms in total. The van der Waals surface area contributed by atoms with Crippen molar-refractivity contribution in [1.29, 1.82) is 0 Å². The van der Waals surface area contributed by atoms with Gasteiger partial charge < -0.3 is 4.90 Å². The second-order valence-electron chi connectivity index (χ2n) is 7.08. The number of aryl methyl sites for hydroxylation is 1. The van der Waals surface area contributed by atoms with E-state index in [0.717, 1.165) is 24.7 Å². The Morgan fingerprint density at radius 2 is 1.96 bits per heavy atom. The number of aromatic nitrogens is 3. The fraction of sp³-hybridized carbons (Fsp3) is 0.500. The third-order valence-corrected chi connectivity index (χ3v) is 5.34. The molecule has 1 aliphatic heterocycles. The van der Waals surface area contributed by atoms with E-state index in [1.165, 1.54) is 4.80 Å². The number of benzene rings is 1. The minimum atomic E-state index is -3.49. The van der Waals surface area contributed by atoms with Crippen molar-refractivity contribution in [2.45, 2.75) is 32.7 Å². The molecule has 2 aromatic rings. The van der Waals surface area contributed by atoms with Gasteiger partial charge in [-0.3, -0.25) is 8.98 Å². The fourth-order valence-electron chi connectivity index (χ4n) is 3.31. The number of amides is 1. The van der Waals surface area contributed by atoms with Crippen LogP contribution in [0.2, 0.25) is 0 Å². The number of hydrogen-bond acceptors (Lipinski definition) is 6. The Bertz CT molecular complexity index is 911. The summed E-state index contributed by atoms with van der Waals surface area (Å²) in [5.41, 5.74) is 2.12. The van der Waals surface area contributed by atoms with Gasteiger partial charge in [-0.25, -0.2) is 0 Å². The number of piperidine rings is 1. The monoisotopic (exact) mass is 392 g/mol. The summed E-state index contributed by atoms with van der Waals surface area (Å²) in [6.07, 6.45) is 5.79. The van der Waals surface area contributed by atoms with Gasteiger partial charge in [0.2, 0.25) is 0 Å². The van der Waals surface area contributed by atoms with Gasteiger partial charge in [0.15, 0.2) is 0 Å². The topological polar surface area (TPSA) is 94.4 Å². The Kier molecular flexibility index (Phi) is 5.61. The van der Waals surface area contributed by atoms with Crippen LogP contribution in [0.1, 0.15) is 35.7 Å². The molecule has 27 heavy (non-hydrogen) atoms. The highest BCUT2D eigenvalue weighted by molar-refractivity contribution is 7.85. The van der Waals surface area contributed by atoms with Crippen LogP contribution in [0.15, 0.2) is 30.6 Å². The molecule has 2 heterocycles. The molecule has 0 aliphatic carbocycles. The molecule has 0 radical (unpaired) electrons. The van der Waals surface area contributed by atoms with E-state index in [1.807, 2.05) is 32.0 Å². The van der Waals surface area contributed by atoms with E-state index in [4.69, 9.17) is 4.18 Å². The molecule has 1 amide bonds. The molecule has 1 fully saturated rings. The zero-order valence-electron chi connectivity index (χ0n) is 15.7. The van der Waals surface area contributed by atoms with Crippen LogP contribution in [0, 0.1) is 12.8 Å². The molecule has 0 N–H and O–H groups in total. The van der Waals surface area contributed by atoms with Crippen molar-refractivity contribution in [2.24, 2.45) is 5.92 Å². The zero-order valence-corrected chi connectivity index (χ0v) is 16.5. The van der Waals surface area contributed by atoms with E-state index in [0.29, 0.717) is 17.8 Å². The van der Waals surface area contributed by atoms with Crippen LogP contribution in [-0.4, -0.2) is 59.7 Å². The fourth-order valence-corrected chi connectivity index (χ4v) is 3.75. The molecule has 1 aromatic heterocycles. The highest BCUT2D eigenvalue weighted by Gasteiger charge is 2.31. The lowest BCUT2D eigenvalue weighted by Crippen LogP contribution is -2.47. The van der Waals surface area contributed by atoms with Crippen molar-refractivity contribution in [3.63, 3.8) is 0 Å². The van der Waals surface area contributed by atoms with Crippen molar-refractivity contribution in [3.8, 4) is 5.69 Å². The van der Waals surface area contributed by atoms with E-state index in [9.17, 15) is 13.2 Å². The van der Waals surface area contributed by atoms with Crippen LogP contribution >= 0.6 is 0 Å². The Morgan fingerprint density at radius 1 is 1.26 bits per heavy atom. The smallest absolute Gasteiger partial charge is 0.264 e. The average molecular weight is 392 g/mol. The van der Waals surface area contributed by atoms with Gasteiger partial charge >= 0.3 is 0 Å². The summed E-state index contributed by atoms with van der Waals surface area (Å²) in [6, 6.07) is 5.65. The predicted molar refractivity (Wildman–Crippen MR) is 100 cm³/mol. The first-order chi connectivity index (χ1) is 12.7. The summed E-state index contributed by atoms with van der Waals surface area (Å²) >= 11 is 0. The molecule has 1 aromatic carbocycles. The Balaban J connectivity index is 1.85. The molecule has 0 bridgehead atoms. The zero-order chi connectivity index (χ0) is 19.6. The summed E-state index contributed by atoms with van der Waals surface area (Å²) in [4.78, 5) is 16.6. The van der Waals surface area contributed by atoms with Crippen LogP contribution in [0.3, 0.4) is 0 Å². The molecule has 3 rings (SSSR count). The van der Waals surface area contributed by atoms with E-state index in [-0.39, 0.29) is 24.5 Å². The quantitative estimate of drug-likeness (QED) is 0.720. The lowest BCUT2D eigenvalue weighted by Gasteiger charge is -2.38. The lowest BCUT2D eigenvalue weighted by atomic mass is 9.93. The molecule has 1 aliphatic rings. The third kappa shape index (κ3) is 4.72. The summed E-state index contributed by atoms with van der Waals surface area (Å²) in [5.74, 6) is -0.126. The number of carbonyl (C=O) groups excluding carboxylic acids is 1. The number of hydrogen-bond donors (Lipinski definition) is 0. The van der Waals surface area contributed by atoms with Crippen LogP contribution in [0.4, 0.5) is 0 Å². The first-order valence-corrected chi connectivity index (χ1v) is 10.7. The SMILES string of the molecule is Cc1ccc(-n2nccn2)c(C(=O)N2C[C@H](COS(C)(=O)=O)CC[C@H]2C)c1. The van der Waals surface area contributed by atoms with Gasteiger partial charge in [-0.1, -0.05) is 11.6 Å². The van der Waals surface area contributed by atoms with E-state index in [1.54, 1.807) is 17.3 Å². The van der Waals surface area contributed by atoms with Gasteiger partial charge in [0.05, 0.1) is 36.5 Å². The van der Waals surface area contributed by atoms with Gasteiger partial charge in [-0.15, -0.1) is 0 Å². The molecule has 1 saturated heterocycles. The van der Waals surface area contributed by atoms with Crippen LogP contribution in [0.25, 0.3) is 5.69 Å². The van der Waals surface area contributed by atoms with E-state index in [2.05, 4.69) is 10.2 Å². The molecular formula is C18H24N4O4S. The molecule has 2 atom stereocenters. The maximum Gasteiger partial charge on any atom is 0.264 e. The van der Waals surface area contributed by atoms with Crippen molar-refractivity contribution >= 4 is 16.0 Å². The van der Waals surface area contributed by atoms with E-state index < -0.39 is 10.1 Å². The standard InChI is InChI=1S/C18H24N4O4S/c1-13-4-7-17(22-19-8-9-20-22)16(10-13)18(23)21-11-15(6-5-14(21)2)12-26-27(3,24)25/h4,7-10,14-15H,5-6,11-12H2,1-3H3/t14-,15-/m1/s1. The average Bonchev–Trinajstić information content (AvgIpc) is 3.14. The summed E-state index contributed by atoms with van der Waals surface area (Å²) in [6.45, 7) is 4.48. The number of carbonyl (C=O) groups is 1. The second kappa shape index (κ2) is 7.77. The minimum Gasteiger partial charge on any atom is -0.336 e. The van der Waals surface area contributed by atoms with Gasteiger partial charge in [0.1, 0.15) is 0 Å². The van der Waals surface area contributed by atoms with Gasteiger partial charge in [-0.05, 0) is 38.8 Å². The van der Waals surface area contributed by atoms with Crippen molar-refractivity contribution < 1.29 is 17.4 Å². The normalized spacial score (nSPS) is 20.6. The molecule has 146 valence electrons. The first kappa shape index (κ1) is 19.5. The maximum atomic E-state index is 13.3. The first-order valence-electron chi connectivity index (χ1n) is 8.87. The van der Waals surface area contributed by atoms with Gasteiger partial charge in [-0.2, -0.15) is 23.4 Å².